The van der Waals surface area contributed by atoms with Crippen molar-refractivity contribution in [2.24, 2.45) is 0 Å². The fraction of sp³-hybridized carbons (Fsp3) is 0.765. The van der Waals surface area contributed by atoms with Gasteiger partial charge in [-0.15, -0.1) is 0 Å². The SMILES string of the molecule is CC/C=C\C/C=C\C/C=C\C/C=C\C/C=C\C/C=C\CCCCCCCCCCCCCCCCCCCCC(=O)NC(COP(=O)(O)OCC[N+](C)(C)C)C(O)/C=C/CC/C=C/CC/C=C/CCCCCCCCCCCCCCCCCCCCCCC. The lowest BCUT2D eigenvalue weighted by atomic mass is 10.0. The number of carbonyl (C=O) groups excluding carboxylic acids is 1. The van der Waals surface area contributed by atoms with Crippen molar-refractivity contribution in [1.29, 1.82) is 0 Å². The number of carbonyl (C=O) groups is 1. The van der Waals surface area contributed by atoms with E-state index in [1.165, 1.54) is 244 Å². The number of rotatable bonds is 70. The summed E-state index contributed by atoms with van der Waals surface area (Å²) >= 11 is 0. The summed E-state index contributed by atoms with van der Waals surface area (Å²) < 4.78 is 23.8. The number of hydrogen-bond donors (Lipinski definition) is 3. The zero-order valence-corrected chi connectivity index (χ0v) is 60.8. The second-order valence-corrected chi connectivity index (χ2v) is 28.4. The molecule has 3 unspecified atom stereocenters. The Morgan fingerprint density at radius 2 is 0.678 bits per heavy atom. The Bertz CT molecular complexity index is 1840. The van der Waals surface area contributed by atoms with E-state index in [4.69, 9.17) is 9.05 Å². The summed E-state index contributed by atoms with van der Waals surface area (Å²) in [6.07, 6.45) is 104. The van der Waals surface area contributed by atoms with Gasteiger partial charge in [0.1, 0.15) is 13.2 Å². The molecule has 90 heavy (non-hydrogen) atoms. The number of aliphatic hydroxyl groups is 1. The summed E-state index contributed by atoms with van der Waals surface area (Å²) in [7, 11) is 1.55. The van der Waals surface area contributed by atoms with Crippen LogP contribution in [0.4, 0.5) is 0 Å². The van der Waals surface area contributed by atoms with Gasteiger partial charge in [-0.05, 0) is 96.3 Å². The van der Waals surface area contributed by atoms with E-state index < -0.39 is 20.0 Å². The topological polar surface area (TPSA) is 105 Å². The number of aliphatic hydroxyl groups excluding tert-OH is 1. The van der Waals surface area contributed by atoms with Crippen molar-refractivity contribution < 1.29 is 32.9 Å². The lowest BCUT2D eigenvalue weighted by molar-refractivity contribution is -0.870. The van der Waals surface area contributed by atoms with Gasteiger partial charge in [0.15, 0.2) is 0 Å². The molecule has 0 spiro atoms. The van der Waals surface area contributed by atoms with Gasteiger partial charge in [-0.2, -0.15) is 0 Å². The minimum Gasteiger partial charge on any atom is -0.387 e. The molecule has 0 saturated carbocycles. The Hall–Kier alpha value is -2.84. The van der Waals surface area contributed by atoms with Crippen LogP contribution in [0.5, 0.6) is 0 Å². The van der Waals surface area contributed by atoms with Crippen LogP contribution in [0.2, 0.25) is 0 Å². The van der Waals surface area contributed by atoms with E-state index in [-0.39, 0.29) is 19.1 Å². The molecule has 0 rings (SSSR count). The average Bonchev–Trinajstić information content (AvgIpc) is 3.18. The fourth-order valence-electron chi connectivity index (χ4n) is 11.1. The second-order valence-electron chi connectivity index (χ2n) is 27.0. The van der Waals surface area contributed by atoms with Gasteiger partial charge in [-0.3, -0.25) is 13.8 Å². The highest BCUT2D eigenvalue weighted by Gasteiger charge is 2.28. The summed E-state index contributed by atoms with van der Waals surface area (Å²) in [5, 5.41) is 14.0. The number of phosphoric ester groups is 1. The number of nitrogens with one attached hydrogen (secondary N) is 1. The third-order valence-corrected chi connectivity index (χ3v) is 17.9. The molecule has 0 radical (unpaired) electrons. The smallest absolute Gasteiger partial charge is 0.387 e. The van der Waals surface area contributed by atoms with Crippen LogP contribution < -0.4 is 5.32 Å². The van der Waals surface area contributed by atoms with Crippen LogP contribution in [-0.2, 0) is 18.4 Å². The first kappa shape index (κ1) is 87.2. The van der Waals surface area contributed by atoms with Gasteiger partial charge in [0, 0.05) is 6.42 Å². The summed E-state index contributed by atoms with van der Waals surface area (Å²) in [5.74, 6) is -0.189. The maximum absolute atomic E-state index is 13.1. The van der Waals surface area contributed by atoms with Crippen molar-refractivity contribution >= 4 is 13.7 Å². The van der Waals surface area contributed by atoms with Gasteiger partial charge in [0.2, 0.25) is 5.91 Å². The first-order valence-corrected chi connectivity index (χ1v) is 39.8. The minimum atomic E-state index is -4.37. The first-order valence-electron chi connectivity index (χ1n) is 38.3. The van der Waals surface area contributed by atoms with Crippen LogP contribution in [0.3, 0.4) is 0 Å². The molecule has 0 saturated heterocycles. The summed E-state index contributed by atoms with van der Waals surface area (Å²) in [6, 6.07) is -0.877. The van der Waals surface area contributed by atoms with Crippen molar-refractivity contribution in [2.75, 3.05) is 40.9 Å². The van der Waals surface area contributed by atoms with E-state index in [2.05, 4.69) is 116 Å². The Labute approximate surface area is 559 Å². The molecule has 0 aliphatic heterocycles. The number of unbranched alkanes of at least 4 members (excludes halogenated alkanes) is 41. The summed E-state index contributed by atoms with van der Waals surface area (Å²) in [4.78, 5) is 23.5. The molecule has 0 bridgehead atoms. The Balaban J connectivity index is 4.07. The predicted octanol–water partition coefficient (Wildman–Crippen LogP) is 25.0. The number of nitrogens with zero attached hydrogens (tertiary/aromatic N) is 1. The van der Waals surface area contributed by atoms with Crippen molar-refractivity contribution in [3.8, 4) is 0 Å². The number of hydrogen-bond acceptors (Lipinski definition) is 5. The van der Waals surface area contributed by atoms with Crippen molar-refractivity contribution in [2.45, 2.75) is 360 Å². The molecule has 522 valence electrons. The van der Waals surface area contributed by atoms with Crippen LogP contribution in [0.1, 0.15) is 348 Å². The van der Waals surface area contributed by atoms with Gasteiger partial charge in [-0.1, -0.05) is 354 Å². The molecule has 0 aromatic heterocycles. The quantitative estimate of drug-likeness (QED) is 0.0243. The molecule has 0 aromatic rings. The predicted molar refractivity (Wildman–Crippen MR) is 396 cm³/mol. The monoisotopic (exact) mass is 1280 g/mol. The van der Waals surface area contributed by atoms with Gasteiger partial charge < -0.3 is 19.8 Å². The van der Waals surface area contributed by atoms with Gasteiger partial charge in [-0.25, -0.2) is 4.57 Å². The molecule has 0 heterocycles. The van der Waals surface area contributed by atoms with Crippen molar-refractivity contribution in [3.05, 3.63) is 109 Å². The number of allylic oxidation sites excluding steroid dienone is 17. The molecule has 8 nitrogen and oxygen atoms in total. The van der Waals surface area contributed by atoms with Gasteiger partial charge in [0.25, 0.3) is 0 Å². The zero-order chi connectivity index (χ0) is 65.5. The van der Waals surface area contributed by atoms with E-state index in [9.17, 15) is 19.4 Å². The number of quaternary nitrogens is 1. The van der Waals surface area contributed by atoms with Gasteiger partial charge >= 0.3 is 7.82 Å². The average molecular weight is 1280 g/mol. The molecule has 0 aliphatic carbocycles. The van der Waals surface area contributed by atoms with E-state index in [1.54, 1.807) is 6.08 Å². The molecule has 0 aliphatic rings. The van der Waals surface area contributed by atoms with E-state index >= 15 is 0 Å². The summed E-state index contributed by atoms with van der Waals surface area (Å²) in [5.41, 5.74) is 0. The first-order chi connectivity index (χ1) is 44.0. The normalized spacial score (nSPS) is 14.2. The van der Waals surface area contributed by atoms with Crippen molar-refractivity contribution in [1.82, 2.24) is 5.32 Å². The lowest BCUT2D eigenvalue weighted by Gasteiger charge is -2.25. The number of phosphoric acid groups is 1. The molecular weight excluding hydrogens is 1130 g/mol. The molecule has 3 N–H and O–H groups in total. The van der Waals surface area contributed by atoms with E-state index in [0.717, 1.165) is 83.5 Å². The van der Waals surface area contributed by atoms with Gasteiger partial charge in [0.05, 0.1) is 39.9 Å². The Kier molecular flexibility index (Phi) is 68.3. The highest BCUT2D eigenvalue weighted by Crippen LogP contribution is 2.43. The van der Waals surface area contributed by atoms with Crippen LogP contribution >= 0.6 is 7.82 Å². The lowest BCUT2D eigenvalue weighted by Crippen LogP contribution is -2.45. The third kappa shape index (κ3) is 72.6. The molecular formula is C81H148N2O6P+. The number of amides is 1. The van der Waals surface area contributed by atoms with Crippen LogP contribution in [0, 0.1) is 0 Å². The van der Waals surface area contributed by atoms with Crippen LogP contribution in [-0.4, -0.2) is 73.4 Å². The van der Waals surface area contributed by atoms with E-state index in [1.807, 2.05) is 27.2 Å². The van der Waals surface area contributed by atoms with Crippen LogP contribution in [0.15, 0.2) is 109 Å². The molecule has 0 aromatic carbocycles. The highest BCUT2D eigenvalue weighted by atomic mass is 31.2. The zero-order valence-electron chi connectivity index (χ0n) is 59.9. The third-order valence-electron chi connectivity index (χ3n) is 17.0. The Morgan fingerprint density at radius 1 is 0.389 bits per heavy atom. The van der Waals surface area contributed by atoms with Crippen LogP contribution in [0.25, 0.3) is 0 Å². The molecule has 9 heteroatoms. The standard InChI is InChI=1S/C81H147N2O6P/c1-6-8-10-12-14-16-18-20-22-24-26-28-30-32-34-36-38-39-40-41-42-43-45-47-49-51-53-55-57-59-61-63-65-67-69-71-73-75-81(85)82-79(78-89-90(86,87)88-77-76-83(3,4)5)80(84)74-72-70-68-66-64-62-60-58-56-54-52-50-48-46-44-37-35-33-31-29-27-25-23-21-19-17-15-13-11-9-7-2/h8,10,14,16,20,22,26,28,32,34,38-39,56,58,64,66,72,74,79-80,84H,6-7,9,11-13,15,17-19,21,23-25,27,29-31,33,35-37,40-55,57,59-63,65,67-71,73,75-78H2,1-5H3,(H-,82,85,86,87)/p+1/b10-8-,16-14-,22-20-,28-26-,34-32-,39-38-,58-56+,66-64+,74-72+. The Morgan fingerprint density at radius 3 is 1.02 bits per heavy atom. The largest absolute Gasteiger partial charge is 0.472 e. The second kappa shape index (κ2) is 70.5. The summed E-state index contributed by atoms with van der Waals surface area (Å²) in [6.45, 7) is 4.71. The molecule has 1 amide bonds. The maximum Gasteiger partial charge on any atom is 0.472 e. The molecule has 3 atom stereocenters. The maximum atomic E-state index is 13.1. The number of likely N-dealkylation sites (N-methyl/N-ethyl adjacent to an activating group) is 1. The molecule has 0 fully saturated rings. The van der Waals surface area contributed by atoms with Crippen molar-refractivity contribution in [3.63, 3.8) is 0 Å². The fourth-order valence-corrected chi connectivity index (χ4v) is 11.8. The highest BCUT2D eigenvalue weighted by molar-refractivity contribution is 7.47. The minimum absolute atomic E-state index is 0.0509. The van der Waals surface area contributed by atoms with E-state index in [0.29, 0.717) is 17.4 Å².